The zero-order chi connectivity index (χ0) is 43.5. The van der Waals surface area contributed by atoms with E-state index in [9.17, 15) is 15.0 Å². The molecule has 0 fully saturated rings. The fraction of sp³-hybridized carbons (Fsp3) is 0.625. The van der Waals surface area contributed by atoms with E-state index in [1.807, 2.05) is 6.08 Å². The molecule has 1 amide bonds. The lowest BCUT2D eigenvalue weighted by molar-refractivity contribution is -0.123. The van der Waals surface area contributed by atoms with Crippen LogP contribution in [0.25, 0.3) is 0 Å². The maximum Gasteiger partial charge on any atom is 0.220 e. The highest BCUT2D eigenvalue weighted by Crippen LogP contribution is 2.13. The fourth-order valence-corrected chi connectivity index (χ4v) is 6.68. The van der Waals surface area contributed by atoms with E-state index in [4.69, 9.17) is 0 Å². The van der Waals surface area contributed by atoms with Gasteiger partial charge in [-0.15, -0.1) is 0 Å². The van der Waals surface area contributed by atoms with Gasteiger partial charge in [-0.25, -0.2) is 0 Å². The van der Waals surface area contributed by atoms with Gasteiger partial charge in [-0.2, -0.15) is 0 Å². The average molecular weight is 828 g/mol. The van der Waals surface area contributed by atoms with E-state index < -0.39 is 12.1 Å². The van der Waals surface area contributed by atoms with Gasteiger partial charge < -0.3 is 15.5 Å². The summed E-state index contributed by atoms with van der Waals surface area (Å²) < 4.78 is 0. The SMILES string of the molecule is CC/C=C\C/C=C\C/C=C\C/C=C\C/C=C\C/C=C\C/C=C\C/C=C\CCCCCCCCC(=O)NC(CO)C(O)/C=C/CC/C=C/CCCCCCCCCCCCC. The third kappa shape index (κ3) is 45.9. The summed E-state index contributed by atoms with van der Waals surface area (Å²) in [7, 11) is 0. The lowest BCUT2D eigenvalue weighted by atomic mass is 10.1. The number of amides is 1. The summed E-state index contributed by atoms with van der Waals surface area (Å²) in [6, 6.07) is -0.656. The predicted octanol–water partition coefficient (Wildman–Crippen LogP) is 16.1. The minimum Gasteiger partial charge on any atom is -0.394 e. The van der Waals surface area contributed by atoms with Crippen LogP contribution in [0, 0.1) is 0 Å². The monoisotopic (exact) mass is 828 g/mol. The number of hydrogen-bond donors (Lipinski definition) is 3. The summed E-state index contributed by atoms with van der Waals surface area (Å²) in [6.07, 6.45) is 77.5. The minimum atomic E-state index is -0.877. The molecular weight excluding hydrogens is 735 g/mol. The molecule has 60 heavy (non-hydrogen) atoms. The van der Waals surface area contributed by atoms with E-state index in [0.29, 0.717) is 6.42 Å². The van der Waals surface area contributed by atoms with E-state index >= 15 is 0 Å². The molecule has 0 aromatic heterocycles. The van der Waals surface area contributed by atoms with Crippen molar-refractivity contribution in [3.8, 4) is 0 Å². The number of allylic oxidation sites excluding steroid dienone is 19. The first-order chi connectivity index (χ1) is 29.7. The number of unbranched alkanes of at least 4 members (excludes halogenated alkanes) is 18. The second-order valence-electron chi connectivity index (χ2n) is 16.1. The van der Waals surface area contributed by atoms with Gasteiger partial charge in [0, 0.05) is 6.42 Å². The minimum absolute atomic E-state index is 0.0941. The van der Waals surface area contributed by atoms with Crippen molar-refractivity contribution in [3.63, 3.8) is 0 Å². The summed E-state index contributed by atoms with van der Waals surface area (Å²) in [6.45, 7) is 4.17. The average Bonchev–Trinajstić information content (AvgIpc) is 3.25. The molecule has 0 aromatic carbocycles. The molecule has 4 nitrogen and oxygen atoms in total. The normalized spacial score (nSPS) is 14.0. The topological polar surface area (TPSA) is 69.6 Å². The van der Waals surface area contributed by atoms with Crippen LogP contribution < -0.4 is 5.32 Å². The first-order valence-corrected chi connectivity index (χ1v) is 24.7. The van der Waals surface area contributed by atoms with Crippen LogP contribution in [0.15, 0.2) is 122 Å². The van der Waals surface area contributed by atoms with Gasteiger partial charge in [0.2, 0.25) is 5.91 Å². The lowest BCUT2D eigenvalue weighted by Crippen LogP contribution is -2.45. The second-order valence-corrected chi connectivity index (χ2v) is 16.1. The van der Waals surface area contributed by atoms with E-state index in [0.717, 1.165) is 96.3 Å². The molecule has 340 valence electrons. The van der Waals surface area contributed by atoms with Gasteiger partial charge in [0.05, 0.1) is 18.8 Å². The molecule has 2 atom stereocenters. The summed E-state index contributed by atoms with van der Waals surface area (Å²) in [4.78, 5) is 12.4. The molecule has 0 aromatic rings. The molecule has 0 heterocycles. The van der Waals surface area contributed by atoms with Crippen LogP contribution in [0.5, 0.6) is 0 Å². The van der Waals surface area contributed by atoms with Crippen LogP contribution >= 0.6 is 0 Å². The van der Waals surface area contributed by atoms with Crippen molar-refractivity contribution in [2.75, 3.05) is 6.61 Å². The third-order valence-corrected chi connectivity index (χ3v) is 10.4. The van der Waals surface area contributed by atoms with Gasteiger partial charge in [0.25, 0.3) is 0 Å². The number of carbonyl (C=O) groups is 1. The maximum atomic E-state index is 12.4. The number of aliphatic hydroxyl groups is 2. The number of rotatable bonds is 43. The zero-order valence-electron chi connectivity index (χ0n) is 38.9. The van der Waals surface area contributed by atoms with Crippen LogP contribution in [0.2, 0.25) is 0 Å². The van der Waals surface area contributed by atoms with Crippen molar-refractivity contribution in [1.82, 2.24) is 5.32 Å². The van der Waals surface area contributed by atoms with E-state index in [1.54, 1.807) is 6.08 Å². The summed E-state index contributed by atoms with van der Waals surface area (Å²) >= 11 is 0. The Labute approximate surface area is 371 Å². The van der Waals surface area contributed by atoms with Gasteiger partial charge in [0.1, 0.15) is 0 Å². The Balaban J connectivity index is 3.70. The highest BCUT2D eigenvalue weighted by molar-refractivity contribution is 5.76. The fourth-order valence-electron chi connectivity index (χ4n) is 6.68. The van der Waals surface area contributed by atoms with Crippen LogP contribution in [-0.2, 0) is 4.79 Å². The highest BCUT2D eigenvalue weighted by Gasteiger charge is 2.17. The molecule has 4 heteroatoms. The van der Waals surface area contributed by atoms with Crippen molar-refractivity contribution in [1.29, 1.82) is 0 Å². The molecule has 0 aliphatic heterocycles. The Morgan fingerprint density at radius 1 is 0.417 bits per heavy atom. The van der Waals surface area contributed by atoms with E-state index in [1.165, 1.54) is 89.9 Å². The first kappa shape index (κ1) is 56.8. The quantitative estimate of drug-likeness (QED) is 0.0424. The molecular formula is C56H93NO3. The molecule has 0 aliphatic rings. The van der Waals surface area contributed by atoms with Crippen LogP contribution in [-0.4, -0.2) is 34.9 Å². The standard InChI is InChI=1S/C56H93NO3/c1-3-5-7-9-11-13-15-17-19-21-22-23-24-25-26-27-28-29-30-31-32-33-34-36-38-40-42-44-46-48-50-52-56(60)57-54(53-58)55(59)51-49-47-45-43-41-39-37-35-20-18-16-14-12-10-8-6-4-2/h5,7,11,13,17,19,22-23,25-26,28-29,31-32,34,36,41,43,49,51,54-55,58-59H,3-4,6,8-10,12,14-16,18,20-21,24,27,30,33,35,37-40,42,44-48,50,52-53H2,1-2H3,(H,57,60)/b7-5-,13-11-,19-17-,23-22-,26-25-,29-28-,32-31-,36-34-,43-41+,51-49+. The zero-order valence-corrected chi connectivity index (χ0v) is 38.9. The van der Waals surface area contributed by atoms with Crippen molar-refractivity contribution in [3.05, 3.63) is 122 Å². The first-order valence-electron chi connectivity index (χ1n) is 24.7. The Bertz CT molecular complexity index is 1210. The smallest absolute Gasteiger partial charge is 0.220 e. The third-order valence-electron chi connectivity index (χ3n) is 10.4. The van der Waals surface area contributed by atoms with Crippen LogP contribution in [0.3, 0.4) is 0 Å². The number of nitrogens with one attached hydrogen (secondary N) is 1. The molecule has 2 unspecified atom stereocenters. The molecule has 0 saturated carbocycles. The second kappa shape index (κ2) is 50.1. The van der Waals surface area contributed by atoms with Crippen LogP contribution in [0.1, 0.15) is 206 Å². The number of hydrogen-bond acceptors (Lipinski definition) is 3. The van der Waals surface area contributed by atoms with Crippen molar-refractivity contribution in [2.45, 2.75) is 219 Å². The Hall–Kier alpha value is -3.21. The van der Waals surface area contributed by atoms with Gasteiger partial charge in [-0.3, -0.25) is 4.79 Å². The Morgan fingerprint density at radius 3 is 1.17 bits per heavy atom. The van der Waals surface area contributed by atoms with Crippen molar-refractivity contribution < 1.29 is 15.0 Å². The van der Waals surface area contributed by atoms with Gasteiger partial charge in [-0.1, -0.05) is 225 Å². The van der Waals surface area contributed by atoms with Crippen molar-refractivity contribution in [2.24, 2.45) is 0 Å². The summed E-state index contributed by atoms with van der Waals surface area (Å²) in [5.41, 5.74) is 0. The lowest BCUT2D eigenvalue weighted by Gasteiger charge is -2.19. The molecule has 3 N–H and O–H groups in total. The van der Waals surface area contributed by atoms with Gasteiger partial charge in [0.15, 0.2) is 0 Å². The Morgan fingerprint density at radius 2 is 0.750 bits per heavy atom. The predicted molar refractivity (Wildman–Crippen MR) is 266 cm³/mol. The maximum absolute atomic E-state index is 12.4. The largest absolute Gasteiger partial charge is 0.394 e. The molecule has 0 saturated heterocycles. The van der Waals surface area contributed by atoms with E-state index in [2.05, 4.69) is 129 Å². The van der Waals surface area contributed by atoms with Gasteiger partial charge >= 0.3 is 0 Å². The summed E-state index contributed by atoms with van der Waals surface area (Å²) in [5, 5.41) is 23.0. The molecule has 0 bridgehead atoms. The molecule has 0 radical (unpaired) electrons. The molecule has 0 rings (SSSR count). The highest BCUT2D eigenvalue weighted by atomic mass is 16.3. The number of aliphatic hydroxyl groups excluding tert-OH is 2. The molecule has 0 spiro atoms. The summed E-state index contributed by atoms with van der Waals surface area (Å²) in [5.74, 6) is -0.0941. The van der Waals surface area contributed by atoms with E-state index in [-0.39, 0.29) is 12.5 Å². The number of carbonyl (C=O) groups excluding carboxylic acids is 1. The van der Waals surface area contributed by atoms with Gasteiger partial charge in [-0.05, 0) is 96.3 Å². The van der Waals surface area contributed by atoms with Crippen LogP contribution in [0.4, 0.5) is 0 Å². The molecule has 0 aliphatic carbocycles. The van der Waals surface area contributed by atoms with Crippen molar-refractivity contribution >= 4 is 5.91 Å². The Kier molecular flexibility index (Phi) is 47.5.